The first-order valence-corrected chi connectivity index (χ1v) is 3.28. The summed E-state index contributed by atoms with van der Waals surface area (Å²) < 4.78 is 12.9. The van der Waals surface area contributed by atoms with Gasteiger partial charge in [-0.15, -0.1) is 0 Å². The number of rotatable bonds is 2. The van der Waals surface area contributed by atoms with Crippen molar-refractivity contribution in [1.29, 1.82) is 0 Å². The molecule has 0 spiro atoms. The van der Waals surface area contributed by atoms with Crippen LogP contribution < -0.4 is 17.0 Å². The van der Waals surface area contributed by atoms with E-state index in [0.717, 1.165) is 0 Å². The Hall–Kier alpha value is -1.92. The van der Waals surface area contributed by atoms with Crippen LogP contribution >= 0.6 is 0 Å². The number of aromatic nitrogens is 2. The second-order valence-electron chi connectivity index (χ2n) is 2.30. The summed E-state index contributed by atoms with van der Waals surface area (Å²) in [4.78, 5) is 34.1. The minimum absolute atomic E-state index is 0.387. The Morgan fingerprint density at radius 2 is 2.23 bits per heavy atom. The summed E-state index contributed by atoms with van der Waals surface area (Å²) >= 11 is 0. The van der Waals surface area contributed by atoms with Gasteiger partial charge in [0.05, 0.1) is 0 Å². The summed E-state index contributed by atoms with van der Waals surface area (Å²) in [6.45, 7) is -0.633. The van der Waals surface area contributed by atoms with Crippen molar-refractivity contribution >= 4 is 5.91 Å². The van der Waals surface area contributed by atoms with Crippen molar-refractivity contribution in [3.63, 3.8) is 0 Å². The lowest BCUT2D eigenvalue weighted by Crippen LogP contribution is -2.40. The molecule has 0 aliphatic heterocycles. The van der Waals surface area contributed by atoms with Gasteiger partial charge in [-0.3, -0.25) is 9.59 Å². The monoisotopic (exact) mass is 187 g/mol. The number of aromatic amines is 1. The van der Waals surface area contributed by atoms with Gasteiger partial charge < -0.3 is 10.7 Å². The van der Waals surface area contributed by atoms with Gasteiger partial charge in [0.2, 0.25) is 11.7 Å². The van der Waals surface area contributed by atoms with Crippen molar-refractivity contribution in [1.82, 2.24) is 9.55 Å². The minimum Gasteiger partial charge on any atom is -0.368 e. The van der Waals surface area contributed by atoms with E-state index in [1.807, 2.05) is 4.98 Å². The molecule has 6 nitrogen and oxygen atoms in total. The normalized spacial score (nSPS) is 9.92. The van der Waals surface area contributed by atoms with Crippen molar-refractivity contribution < 1.29 is 9.18 Å². The van der Waals surface area contributed by atoms with E-state index in [2.05, 4.69) is 0 Å². The summed E-state index contributed by atoms with van der Waals surface area (Å²) in [7, 11) is 0. The number of primary amides is 1. The molecule has 0 radical (unpaired) electrons. The molecule has 0 atom stereocenters. The maximum atomic E-state index is 12.6. The van der Waals surface area contributed by atoms with E-state index in [0.29, 0.717) is 10.8 Å². The van der Waals surface area contributed by atoms with Crippen LogP contribution in [0.25, 0.3) is 0 Å². The third kappa shape index (κ3) is 1.81. The average Bonchev–Trinajstić information content (AvgIpc) is 2.05. The SMILES string of the molecule is NC(=O)Cn1c(=O)[nH]cc(F)c1=O. The second kappa shape index (κ2) is 3.21. The third-order valence-electron chi connectivity index (χ3n) is 1.33. The van der Waals surface area contributed by atoms with Crippen LogP contribution in [-0.4, -0.2) is 15.5 Å². The summed E-state index contributed by atoms with van der Waals surface area (Å²) in [5, 5.41) is 0. The summed E-state index contributed by atoms with van der Waals surface area (Å²) in [6, 6.07) is 0. The molecule has 70 valence electrons. The molecule has 1 heterocycles. The van der Waals surface area contributed by atoms with E-state index < -0.39 is 29.5 Å². The van der Waals surface area contributed by atoms with Crippen LogP contribution in [0.5, 0.6) is 0 Å². The van der Waals surface area contributed by atoms with Crippen LogP contribution in [0.4, 0.5) is 4.39 Å². The van der Waals surface area contributed by atoms with Crippen molar-refractivity contribution in [2.75, 3.05) is 0 Å². The van der Waals surface area contributed by atoms with E-state index in [1.165, 1.54) is 0 Å². The summed E-state index contributed by atoms with van der Waals surface area (Å²) in [5.74, 6) is -2.03. The molecule has 0 unspecified atom stereocenters. The van der Waals surface area contributed by atoms with Gasteiger partial charge in [-0.2, -0.15) is 4.39 Å². The third-order valence-corrected chi connectivity index (χ3v) is 1.33. The van der Waals surface area contributed by atoms with E-state index in [1.54, 1.807) is 0 Å². The number of nitrogens with zero attached hydrogens (tertiary/aromatic N) is 1. The fourth-order valence-electron chi connectivity index (χ4n) is 0.785. The maximum Gasteiger partial charge on any atom is 0.328 e. The van der Waals surface area contributed by atoms with Crippen LogP contribution in [0.2, 0.25) is 0 Å². The molecule has 1 aromatic rings. The molecule has 13 heavy (non-hydrogen) atoms. The van der Waals surface area contributed by atoms with E-state index in [4.69, 9.17) is 5.73 Å². The van der Waals surface area contributed by atoms with Gasteiger partial charge in [0.1, 0.15) is 6.54 Å². The zero-order chi connectivity index (χ0) is 10.0. The van der Waals surface area contributed by atoms with Crippen LogP contribution in [0.1, 0.15) is 0 Å². The lowest BCUT2D eigenvalue weighted by Gasteiger charge is -1.99. The molecular formula is C6H6FN3O3. The molecule has 0 saturated carbocycles. The quantitative estimate of drug-likeness (QED) is 0.569. The number of H-pyrrole nitrogens is 1. The number of hydrogen-bond acceptors (Lipinski definition) is 3. The highest BCUT2D eigenvalue weighted by molar-refractivity contribution is 5.73. The standard InChI is InChI=1S/C6H6FN3O3/c7-3-1-9-6(13)10(5(3)12)2-4(8)11/h1H,2H2,(H2,8,11)(H,9,13). The van der Waals surface area contributed by atoms with Crippen molar-refractivity contribution in [3.05, 3.63) is 32.9 Å². The summed E-state index contributed by atoms with van der Waals surface area (Å²) in [5.41, 5.74) is 2.70. The first kappa shape index (κ1) is 9.17. The fourth-order valence-corrected chi connectivity index (χ4v) is 0.785. The molecule has 1 aromatic heterocycles. The number of amides is 1. The Balaban J connectivity index is 3.35. The van der Waals surface area contributed by atoms with Gasteiger partial charge in [0, 0.05) is 6.20 Å². The smallest absolute Gasteiger partial charge is 0.328 e. The van der Waals surface area contributed by atoms with Gasteiger partial charge in [-0.25, -0.2) is 9.36 Å². The van der Waals surface area contributed by atoms with Gasteiger partial charge in [0.15, 0.2) is 0 Å². The van der Waals surface area contributed by atoms with Crippen LogP contribution in [-0.2, 0) is 11.3 Å². The first-order valence-electron chi connectivity index (χ1n) is 3.28. The lowest BCUT2D eigenvalue weighted by atomic mass is 10.5. The molecule has 1 rings (SSSR count). The highest BCUT2D eigenvalue weighted by Crippen LogP contribution is 1.79. The Morgan fingerprint density at radius 3 is 2.77 bits per heavy atom. The molecule has 0 aliphatic rings. The van der Waals surface area contributed by atoms with Crippen LogP contribution in [0.15, 0.2) is 15.8 Å². The highest BCUT2D eigenvalue weighted by Gasteiger charge is 2.07. The molecule has 0 aliphatic carbocycles. The Morgan fingerprint density at radius 1 is 1.62 bits per heavy atom. The van der Waals surface area contributed by atoms with Crippen LogP contribution in [0, 0.1) is 5.82 Å². The zero-order valence-electron chi connectivity index (χ0n) is 6.41. The number of nitrogens with one attached hydrogen (secondary N) is 1. The molecule has 0 bridgehead atoms. The number of halogens is 1. The Labute approximate surface area is 70.8 Å². The van der Waals surface area contributed by atoms with E-state index in [-0.39, 0.29) is 0 Å². The molecule has 0 saturated heterocycles. The number of nitrogens with two attached hydrogens (primary N) is 1. The Kier molecular flexibility index (Phi) is 2.27. The minimum atomic E-state index is -1.16. The molecule has 1 amide bonds. The lowest BCUT2D eigenvalue weighted by molar-refractivity contribution is -0.118. The van der Waals surface area contributed by atoms with Crippen molar-refractivity contribution in [2.24, 2.45) is 5.73 Å². The van der Waals surface area contributed by atoms with E-state index in [9.17, 15) is 18.8 Å². The average molecular weight is 187 g/mol. The number of hydrogen-bond donors (Lipinski definition) is 2. The van der Waals surface area contributed by atoms with E-state index >= 15 is 0 Å². The second-order valence-corrected chi connectivity index (χ2v) is 2.30. The molecule has 7 heteroatoms. The van der Waals surface area contributed by atoms with Gasteiger partial charge in [-0.05, 0) is 0 Å². The number of carbonyl (C=O) groups excluding carboxylic acids is 1. The maximum absolute atomic E-state index is 12.6. The van der Waals surface area contributed by atoms with Crippen LogP contribution in [0.3, 0.4) is 0 Å². The number of carbonyl (C=O) groups is 1. The van der Waals surface area contributed by atoms with Crippen molar-refractivity contribution in [2.45, 2.75) is 6.54 Å². The fraction of sp³-hybridized carbons (Fsp3) is 0.167. The highest BCUT2D eigenvalue weighted by atomic mass is 19.1. The zero-order valence-corrected chi connectivity index (χ0v) is 6.41. The molecule has 0 aromatic carbocycles. The molecular weight excluding hydrogens is 181 g/mol. The van der Waals surface area contributed by atoms with Gasteiger partial charge in [-0.1, -0.05) is 0 Å². The largest absolute Gasteiger partial charge is 0.368 e. The first-order chi connectivity index (χ1) is 6.02. The molecule has 0 fully saturated rings. The van der Waals surface area contributed by atoms with Crippen molar-refractivity contribution in [3.8, 4) is 0 Å². The predicted molar refractivity (Wildman–Crippen MR) is 40.5 cm³/mol. The predicted octanol–water partition coefficient (Wildman–Crippen LogP) is -1.84. The summed E-state index contributed by atoms with van der Waals surface area (Å²) in [6.07, 6.45) is 0.627. The molecule has 3 N–H and O–H groups in total. The topological polar surface area (TPSA) is 97.9 Å². The van der Waals surface area contributed by atoms with Gasteiger partial charge in [0.25, 0.3) is 5.56 Å². The van der Waals surface area contributed by atoms with Gasteiger partial charge >= 0.3 is 5.69 Å². The Bertz CT molecular complexity index is 447.